The van der Waals surface area contributed by atoms with Gasteiger partial charge in [0.1, 0.15) is 5.82 Å². The molecule has 2 rings (SSSR count). The molecule has 0 aromatic heterocycles. The van der Waals surface area contributed by atoms with Gasteiger partial charge in [-0.05, 0) is 43.0 Å². The normalized spacial score (nSPS) is 28.6. The van der Waals surface area contributed by atoms with Gasteiger partial charge in [-0.15, -0.1) is 0 Å². The molecular formula is C13H17BrFNO. The van der Waals surface area contributed by atoms with E-state index in [4.69, 9.17) is 5.73 Å². The van der Waals surface area contributed by atoms with E-state index in [1.807, 2.05) is 0 Å². The molecule has 0 heterocycles. The number of halogens is 2. The van der Waals surface area contributed by atoms with Crippen LogP contribution in [0.4, 0.5) is 4.39 Å². The Morgan fingerprint density at radius 1 is 1.53 bits per heavy atom. The predicted octanol–water partition coefficient (Wildman–Crippen LogP) is 2.62. The molecule has 1 fully saturated rings. The number of aliphatic hydroxyl groups excluding tert-OH is 1. The lowest BCUT2D eigenvalue weighted by Gasteiger charge is -2.31. The van der Waals surface area contributed by atoms with Crippen LogP contribution in [-0.2, 0) is 6.42 Å². The molecule has 0 amide bonds. The van der Waals surface area contributed by atoms with Crippen molar-refractivity contribution in [2.45, 2.75) is 31.8 Å². The first kappa shape index (κ1) is 13.0. The van der Waals surface area contributed by atoms with Gasteiger partial charge in [-0.3, -0.25) is 0 Å². The van der Waals surface area contributed by atoms with E-state index in [-0.39, 0.29) is 11.2 Å². The molecule has 2 nitrogen and oxygen atoms in total. The van der Waals surface area contributed by atoms with Crippen LogP contribution in [0.1, 0.15) is 24.8 Å². The highest BCUT2D eigenvalue weighted by molar-refractivity contribution is 9.10. The van der Waals surface area contributed by atoms with Crippen LogP contribution in [-0.4, -0.2) is 17.8 Å². The molecule has 0 saturated heterocycles. The van der Waals surface area contributed by atoms with Crippen molar-refractivity contribution in [3.05, 3.63) is 34.1 Å². The quantitative estimate of drug-likeness (QED) is 0.901. The smallest absolute Gasteiger partial charge is 0.126 e. The van der Waals surface area contributed by atoms with Gasteiger partial charge in [-0.2, -0.15) is 0 Å². The zero-order valence-electron chi connectivity index (χ0n) is 9.63. The van der Waals surface area contributed by atoms with E-state index < -0.39 is 6.10 Å². The largest absolute Gasteiger partial charge is 0.392 e. The molecule has 0 spiro atoms. The molecule has 1 saturated carbocycles. The summed E-state index contributed by atoms with van der Waals surface area (Å²) in [7, 11) is 0. The zero-order valence-corrected chi connectivity index (χ0v) is 11.2. The van der Waals surface area contributed by atoms with Gasteiger partial charge < -0.3 is 10.8 Å². The van der Waals surface area contributed by atoms with Crippen LogP contribution in [0.15, 0.2) is 22.7 Å². The van der Waals surface area contributed by atoms with E-state index in [1.165, 1.54) is 6.07 Å². The van der Waals surface area contributed by atoms with Crippen LogP contribution in [0.25, 0.3) is 0 Å². The monoisotopic (exact) mass is 301 g/mol. The second-order valence-corrected chi connectivity index (χ2v) is 5.80. The van der Waals surface area contributed by atoms with Gasteiger partial charge in [-0.25, -0.2) is 4.39 Å². The first-order valence-electron chi connectivity index (χ1n) is 5.89. The molecule has 1 aliphatic rings. The molecular weight excluding hydrogens is 285 g/mol. The lowest BCUT2D eigenvalue weighted by Crippen LogP contribution is -2.39. The van der Waals surface area contributed by atoms with E-state index in [1.54, 1.807) is 12.1 Å². The maximum Gasteiger partial charge on any atom is 0.126 e. The molecule has 0 radical (unpaired) electrons. The Hall–Kier alpha value is -0.450. The molecule has 17 heavy (non-hydrogen) atoms. The maximum atomic E-state index is 13.7. The van der Waals surface area contributed by atoms with Crippen LogP contribution in [0.3, 0.4) is 0 Å². The van der Waals surface area contributed by atoms with Gasteiger partial charge >= 0.3 is 0 Å². The summed E-state index contributed by atoms with van der Waals surface area (Å²) in [5.41, 5.74) is 6.09. The molecule has 94 valence electrons. The van der Waals surface area contributed by atoms with Gasteiger partial charge in [0.15, 0.2) is 0 Å². The van der Waals surface area contributed by atoms with Gasteiger partial charge in [0, 0.05) is 16.4 Å². The van der Waals surface area contributed by atoms with Gasteiger partial charge in [0.05, 0.1) is 6.10 Å². The summed E-state index contributed by atoms with van der Waals surface area (Å²) in [6, 6.07) is 4.90. The summed E-state index contributed by atoms with van der Waals surface area (Å²) in [6.07, 6.45) is 2.71. The van der Waals surface area contributed by atoms with Crippen molar-refractivity contribution < 1.29 is 9.50 Å². The zero-order chi connectivity index (χ0) is 12.5. The fraction of sp³-hybridized carbons (Fsp3) is 0.538. The summed E-state index contributed by atoms with van der Waals surface area (Å²) in [6.45, 7) is 0.403. The number of benzene rings is 1. The third-order valence-electron chi connectivity index (χ3n) is 3.82. The molecule has 2 atom stereocenters. The van der Waals surface area contributed by atoms with Gasteiger partial charge in [0.25, 0.3) is 0 Å². The molecule has 0 bridgehead atoms. The van der Waals surface area contributed by atoms with E-state index in [2.05, 4.69) is 15.9 Å². The number of nitrogens with two attached hydrogens (primary N) is 1. The van der Waals surface area contributed by atoms with Crippen LogP contribution < -0.4 is 5.73 Å². The maximum absolute atomic E-state index is 13.7. The summed E-state index contributed by atoms with van der Waals surface area (Å²) in [5.74, 6) is -0.222. The number of hydrogen-bond acceptors (Lipinski definition) is 2. The van der Waals surface area contributed by atoms with Crippen molar-refractivity contribution in [2.24, 2.45) is 11.1 Å². The number of aliphatic hydroxyl groups is 1. The Morgan fingerprint density at radius 3 is 2.88 bits per heavy atom. The van der Waals surface area contributed by atoms with E-state index in [0.717, 1.165) is 23.7 Å². The SMILES string of the molecule is NCC1(Cc2cc(Br)ccc2F)CCCC1O. The molecule has 1 aliphatic carbocycles. The van der Waals surface area contributed by atoms with Crippen LogP contribution in [0.5, 0.6) is 0 Å². The first-order chi connectivity index (χ1) is 8.07. The molecule has 0 aliphatic heterocycles. The Balaban J connectivity index is 2.27. The van der Waals surface area contributed by atoms with Crippen molar-refractivity contribution in [3.63, 3.8) is 0 Å². The van der Waals surface area contributed by atoms with Gasteiger partial charge in [-0.1, -0.05) is 22.4 Å². The highest BCUT2D eigenvalue weighted by Gasteiger charge is 2.41. The molecule has 3 N–H and O–H groups in total. The summed E-state index contributed by atoms with van der Waals surface area (Å²) in [4.78, 5) is 0. The highest BCUT2D eigenvalue weighted by atomic mass is 79.9. The lowest BCUT2D eigenvalue weighted by molar-refractivity contribution is 0.0582. The van der Waals surface area contributed by atoms with E-state index in [9.17, 15) is 9.50 Å². The third kappa shape index (κ3) is 2.54. The van der Waals surface area contributed by atoms with E-state index in [0.29, 0.717) is 18.5 Å². The lowest BCUT2D eigenvalue weighted by atomic mass is 9.78. The minimum Gasteiger partial charge on any atom is -0.392 e. The molecule has 1 aromatic rings. The Bertz CT molecular complexity index is 412. The van der Waals surface area contributed by atoms with Crippen molar-refractivity contribution in [1.29, 1.82) is 0 Å². The Labute approximate surface area is 109 Å². The third-order valence-corrected chi connectivity index (χ3v) is 4.31. The summed E-state index contributed by atoms with van der Waals surface area (Å²) >= 11 is 3.34. The fourth-order valence-corrected chi connectivity index (χ4v) is 3.10. The second kappa shape index (κ2) is 5.04. The van der Waals surface area contributed by atoms with Crippen molar-refractivity contribution in [1.82, 2.24) is 0 Å². The minimum absolute atomic E-state index is 0.222. The standard InChI is InChI=1S/C13H17BrFNO/c14-10-3-4-11(15)9(6-10)7-13(8-16)5-1-2-12(13)17/h3-4,6,12,17H,1-2,5,7-8,16H2. The molecule has 4 heteroatoms. The average Bonchev–Trinajstić information content (AvgIpc) is 2.66. The van der Waals surface area contributed by atoms with Crippen LogP contribution >= 0.6 is 15.9 Å². The predicted molar refractivity (Wildman–Crippen MR) is 69.1 cm³/mol. The second-order valence-electron chi connectivity index (χ2n) is 4.89. The van der Waals surface area contributed by atoms with Crippen molar-refractivity contribution in [2.75, 3.05) is 6.54 Å². The Kier molecular flexibility index (Phi) is 3.85. The molecule has 2 unspecified atom stereocenters. The topological polar surface area (TPSA) is 46.2 Å². The first-order valence-corrected chi connectivity index (χ1v) is 6.69. The number of rotatable bonds is 3. The van der Waals surface area contributed by atoms with E-state index >= 15 is 0 Å². The van der Waals surface area contributed by atoms with Gasteiger partial charge in [0.2, 0.25) is 0 Å². The Morgan fingerprint density at radius 2 is 2.29 bits per heavy atom. The average molecular weight is 302 g/mol. The highest BCUT2D eigenvalue weighted by Crippen LogP contribution is 2.41. The van der Waals surface area contributed by atoms with Crippen LogP contribution in [0, 0.1) is 11.2 Å². The molecule has 1 aromatic carbocycles. The minimum atomic E-state index is -0.411. The fourth-order valence-electron chi connectivity index (χ4n) is 2.69. The number of hydrogen-bond donors (Lipinski definition) is 2. The van der Waals surface area contributed by atoms with Crippen LogP contribution in [0.2, 0.25) is 0 Å². The summed E-state index contributed by atoms with van der Waals surface area (Å²) in [5, 5.41) is 10.0. The summed E-state index contributed by atoms with van der Waals surface area (Å²) < 4.78 is 14.6. The van der Waals surface area contributed by atoms with Crippen molar-refractivity contribution >= 4 is 15.9 Å². The van der Waals surface area contributed by atoms with Crippen molar-refractivity contribution in [3.8, 4) is 0 Å².